The van der Waals surface area contributed by atoms with E-state index in [1.54, 1.807) is 0 Å². The Morgan fingerprint density at radius 3 is 2.73 bits per heavy atom. The molecule has 0 saturated carbocycles. The third-order valence-electron chi connectivity index (χ3n) is 2.49. The van der Waals surface area contributed by atoms with E-state index in [0.717, 1.165) is 6.54 Å². The zero-order valence-electron chi connectivity index (χ0n) is 10.1. The Bertz CT molecular complexity index is 309. The van der Waals surface area contributed by atoms with Crippen molar-refractivity contribution in [2.24, 2.45) is 0 Å². The van der Waals surface area contributed by atoms with Gasteiger partial charge in [0.05, 0.1) is 0 Å². The van der Waals surface area contributed by atoms with Gasteiger partial charge in [-0.1, -0.05) is 31.5 Å². The largest absolute Gasteiger partial charge is 0.316 e. The summed E-state index contributed by atoms with van der Waals surface area (Å²) >= 11 is 1.98. The average Bonchev–Trinajstić information content (AvgIpc) is 2.22. The molecule has 0 saturated heterocycles. The molecule has 84 valence electrons. The van der Waals surface area contributed by atoms with Crippen molar-refractivity contribution in [2.75, 3.05) is 7.05 Å². The molecule has 1 rings (SSSR count). The highest BCUT2D eigenvalue weighted by atomic mass is 32.2. The molecule has 0 radical (unpaired) electrons. The lowest BCUT2D eigenvalue weighted by atomic mass is 10.1. The van der Waals surface area contributed by atoms with Crippen LogP contribution in [0.1, 0.15) is 31.4 Å². The van der Waals surface area contributed by atoms with Gasteiger partial charge in [0.2, 0.25) is 0 Å². The van der Waals surface area contributed by atoms with Crippen LogP contribution in [0.4, 0.5) is 0 Å². The van der Waals surface area contributed by atoms with Crippen LogP contribution in [0.3, 0.4) is 0 Å². The second-order valence-electron chi connectivity index (χ2n) is 3.98. The Kier molecular flexibility index (Phi) is 5.20. The van der Waals surface area contributed by atoms with Crippen molar-refractivity contribution in [1.82, 2.24) is 5.32 Å². The molecule has 1 atom stereocenters. The highest BCUT2D eigenvalue weighted by Crippen LogP contribution is 2.28. The smallest absolute Gasteiger partial charge is 0.0213 e. The monoisotopic (exact) mass is 223 g/mol. The van der Waals surface area contributed by atoms with Crippen LogP contribution in [0.25, 0.3) is 0 Å². The number of hydrogen-bond acceptors (Lipinski definition) is 2. The normalized spacial score (nSPS) is 12.8. The van der Waals surface area contributed by atoms with Gasteiger partial charge in [0, 0.05) is 16.7 Å². The fourth-order valence-corrected chi connectivity index (χ4v) is 2.48. The Balaban J connectivity index is 2.85. The van der Waals surface area contributed by atoms with Gasteiger partial charge in [0.1, 0.15) is 0 Å². The van der Waals surface area contributed by atoms with E-state index in [-0.39, 0.29) is 0 Å². The number of hydrogen-bond donors (Lipinski definition) is 1. The van der Waals surface area contributed by atoms with Crippen molar-refractivity contribution in [1.29, 1.82) is 0 Å². The van der Waals surface area contributed by atoms with Gasteiger partial charge in [0.15, 0.2) is 0 Å². The minimum atomic E-state index is 0.698. The number of rotatable bonds is 5. The van der Waals surface area contributed by atoms with E-state index >= 15 is 0 Å². The van der Waals surface area contributed by atoms with Crippen molar-refractivity contribution in [3.8, 4) is 0 Å². The summed E-state index contributed by atoms with van der Waals surface area (Å²) in [5.41, 5.74) is 2.76. The Labute approximate surface area is 97.7 Å². The zero-order valence-corrected chi connectivity index (χ0v) is 10.9. The summed E-state index contributed by atoms with van der Waals surface area (Å²) in [6, 6.07) is 6.73. The van der Waals surface area contributed by atoms with Crippen molar-refractivity contribution in [3.05, 3.63) is 29.3 Å². The molecule has 0 bridgehead atoms. The first-order valence-electron chi connectivity index (χ1n) is 5.58. The maximum atomic E-state index is 3.23. The van der Waals surface area contributed by atoms with Gasteiger partial charge >= 0.3 is 0 Å². The second-order valence-corrected chi connectivity index (χ2v) is 5.46. The van der Waals surface area contributed by atoms with E-state index in [1.807, 2.05) is 18.8 Å². The first kappa shape index (κ1) is 12.6. The SMILES string of the molecule is CCC(C)Sc1ccc(C)cc1CNC. The molecular weight excluding hydrogens is 202 g/mol. The molecule has 0 aliphatic heterocycles. The summed E-state index contributed by atoms with van der Waals surface area (Å²) in [5.74, 6) is 0. The van der Waals surface area contributed by atoms with Crippen molar-refractivity contribution >= 4 is 11.8 Å². The predicted molar refractivity (Wildman–Crippen MR) is 69.6 cm³/mol. The lowest BCUT2D eigenvalue weighted by Crippen LogP contribution is -2.07. The third-order valence-corrected chi connectivity index (χ3v) is 3.87. The van der Waals surface area contributed by atoms with Crippen LogP contribution in [-0.4, -0.2) is 12.3 Å². The summed E-state index contributed by atoms with van der Waals surface area (Å²) in [7, 11) is 2.00. The van der Waals surface area contributed by atoms with Crippen molar-refractivity contribution < 1.29 is 0 Å². The summed E-state index contributed by atoms with van der Waals surface area (Å²) < 4.78 is 0. The second kappa shape index (κ2) is 6.19. The molecule has 15 heavy (non-hydrogen) atoms. The Morgan fingerprint density at radius 1 is 1.40 bits per heavy atom. The van der Waals surface area contributed by atoms with E-state index in [4.69, 9.17) is 0 Å². The predicted octanol–water partition coefficient (Wildman–Crippen LogP) is 3.61. The number of benzene rings is 1. The minimum Gasteiger partial charge on any atom is -0.316 e. The molecule has 1 aromatic carbocycles. The van der Waals surface area contributed by atoms with Gasteiger partial charge in [-0.05, 0) is 32.0 Å². The van der Waals surface area contributed by atoms with Crippen LogP contribution in [-0.2, 0) is 6.54 Å². The molecule has 1 N–H and O–H groups in total. The molecular formula is C13H21NS. The van der Waals surface area contributed by atoms with Gasteiger partial charge in [-0.25, -0.2) is 0 Å². The van der Waals surface area contributed by atoms with Crippen LogP contribution in [0.2, 0.25) is 0 Å². The molecule has 0 aliphatic rings. The quantitative estimate of drug-likeness (QED) is 0.765. The minimum absolute atomic E-state index is 0.698. The van der Waals surface area contributed by atoms with Crippen LogP contribution in [0, 0.1) is 6.92 Å². The number of thioether (sulfide) groups is 1. The molecule has 2 heteroatoms. The topological polar surface area (TPSA) is 12.0 Å². The molecule has 0 heterocycles. The highest BCUT2D eigenvalue weighted by molar-refractivity contribution is 8.00. The fraction of sp³-hybridized carbons (Fsp3) is 0.538. The standard InChI is InChI=1S/C13H21NS/c1-5-11(3)15-13-7-6-10(2)8-12(13)9-14-4/h6-8,11,14H,5,9H2,1-4H3. The summed E-state index contributed by atoms with van der Waals surface area (Å²) in [6.45, 7) is 7.63. The van der Waals surface area contributed by atoms with Crippen molar-refractivity contribution in [3.63, 3.8) is 0 Å². The van der Waals surface area contributed by atoms with Crippen LogP contribution in [0.5, 0.6) is 0 Å². The van der Waals surface area contributed by atoms with E-state index in [9.17, 15) is 0 Å². The first-order valence-corrected chi connectivity index (χ1v) is 6.46. The third kappa shape index (κ3) is 3.88. The number of nitrogens with one attached hydrogen (secondary N) is 1. The van der Waals surface area contributed by atoms with E-state index < -0.39 is 0 Å². The summed E-state index contributed by atoms with van der Waals surface area (Å²) in [6.07, 6.45) is 1.22. The van der Waals surface area contributed by atoms with Gasteiger partial charge in [-0.3, -0.25) is 0 Å². The fourth-order valence-electron chi connectivity index (χ4n) is 1.45. The van der Waals surface area contributed by atoms with Gasteiger partial charge in [-0.15, -0.1) is 11.8 Å². The van der Waals surface area contributed by atoms with Crippen LogP contribution < -0.4 is 5.32 Å². The van der Waals surface area contributed by atoms with Gasteiger partial charge < -0.3 is 5.32 Å². The molecule has 0 aliphatic carbocycles. The Morgan fingerprint density at radius 2 is 2.13 bits per heavy atom. The van der Waals surface area contributed by atoms with E-state index in [2.05, 4.69) is 44.3 Å². The van der Waals surface area contributed by atoms with Crippen LogP contribution >= 0.6 is 11.8 Å². The zero-order chi connectivity index (χ0) is 11.3. The maximum Gasteiger partial charge on any atom is 0.0213 e. The summed E-state index contributed by atoms with van der Waals surface area (Å²) in [4.78, 5) is 1.42. The van der Waals surface area contributed by atoms with Gasteiger partial charge in [0.25, 0.3) is 0 Å². The Hall–Kier alpha value is -0.470. The molecule has 1 nitrogen and oxygen atoms in total. The maximum absolute atomic E-state index is 3.23. The highest BCUT2D eigenvalue weighted by Gasteiger charge is 2.06. The molecule has 1 aromatic rings. The van der Waals surface area contributed by atoms with Gasteiger partial charge in [-0.2, -0.15) is 0 Å². The first-order chi connectivity index (χ1) is 7.17. The summed E-state index contributed by atoms with van der Waals surface area (Å²) in [5, 5.41) is 3.93. The van der Waals surface area contributed by atoms with Crippen LogP contribution in [0.15, 0.2) is 23.1 Å². The molecule has 0 aromatic heterocycles. The number of aryl methyl sites for hydroxylation is 1. The lowest BCUT2D eigenvalue weighted by Gasteiger charge is -2.13. The van der Waals surface area contributed by atoms with E-state index in [0.29, 0.717) is 5.25 Å². The average molecular weight is 223 g/mol. The molecule has 0 spiro atoms. The lowest BCUT2D eigenvalue weighted by molar-refractivity contribution is 0.800. The molecule has 0 fully saturated rings. The molecule has 1 unspecified atom stereocenters. The van der Waals surface area contributed by atoms with Crippen molar-refractivity contribution in [2.45, 2.75) is 43.9 Å². The van der Waals surface area contributed by atoms with E-state index in [1.165, 1.54) is 22.4 Å². The molecule has 0 amide bonds.